The smallest absolute Gasteiger partial charge is 0.315 e. The number of hydrogen-bond acceptors (Lipinski definition) is 4. The number of ether oxygens (including phenoxy) is 1. The Kier molecular flexibility index (Phi) is 6.17. The van der Waals surface area contributed by atoms with Gasteiger partial charge in [0.15, 0.2) is 0 Å². The minimum absolute atomic E-state index is 0.0983. The Hall–Kier alpha value is -2.57. The van der Waals surface area contributed by atoms with Gasteiger partial charge in [0.2, 0.25) is 0 Å². The van der Waals surface area contributed by atoms with E-state index in [1.165, 1.54) is 6.33 Å². The molecule has 0 saturated carbocycles. The van der Waals surface area contributed by atoms with Gasteiger partial charge in [-0.15, -0.1) is 0 Å². The second kappa shape index (κ2) is 8.33. The predicted molar refractivity (Wildman–Crippen MR) is 92.1 cm³/mol. The van der Waals surface area contributed by atoms with Crippen LogP contribution in [0.1, 0.15) is 23.9 Å². The van der Waals surface area contributed by atoms with Crippen molar-refractivity contribution in [3.63, 3.8) is 0 Å². The van der Waals surface area contributed by atoms with E-state index in [9.17, 15) is 4.79 Å². The summed E-state index contributed by atoms with van der Waals surface area (Å²) in [6.45, 7) is 6.86. The van der Waals surface area contributed by atoms with Crippen molar-refractivity contribution in [2.24, 2.45) is 7.05 Å². The molecule has 1 aromatic heterocycles. The first-order chi connectivity index (χ1) is 11.5. The highest BCUT2D eigenvalue weighted by Gasteiger charge is 2.10. The summed E-state index contributed by atoms with van der Waals surface area (Å²) in [5, 5.41) is 9.67. The molecule has 130 valence electrons. The van der Waals surface area contributed by atoms with Gasteiger partial charge in [0, 0.05) is 20.0 Å². The molecule has 0 aliphatic rings. The summed E-state index contributed by atoms with van der Waals surface area (Å²) in [6.07, 6.45) is 2.14. The minimum Gasteiger partial charge on any atom is -0.491 e. The maximum Gasteiger partial charge on any atom is 0.315 e. The second-order valence-electron chi connectivity index (χ2n) is 5.88. The number of carbonyl (C=O) groups is 1. The number of rotatable bonds is 7. The first-order valence-electron chi connectivity index (χ1n) is 8.03. The number of hydrogen-bond donors (Lipinski definition) is 2. The van der Waals surface area contributed by atoms with Crippen molar-refractivity contribution in [3.8, 4) is 5.75 Å². The third-order valence-corrected chi connectivity index (χ3v) is 3.70. The van der Waals surface area contributed by atoms with Crippen LogP contribution in [0.5, 0.6) is 5.75 Å². The summed E-state index contributed by atoms with van der Waals surface area (Å²) >= 11 is 0. The third kappa shape index (κ3) is 4.97. The van der Waals surface area contributed by atoms with Crippen molar-refractivity contribution in [1.29, 1.82) is 0 Å². The van der Waals surface area contributed by atoms with Crippen molar-refractivity contribution in [1.82, 2.24) is 25.4 Å². The zero-order valence-corrected chi connectivity index (χ0v) is 14.7. The number of nitrogens with one attached hydrogen (secondary N) is 2. The Balaban J connectivity index is 1.71. The van der Waals surface area contributed by atoms with Gasteiger partial charge in [-0.1, -0.05) is 18.2 Å². The van der Waals surface area contributed by atoms with Crippen LogP contribution >= 0.6 is 0 Å². The van der Waals surface area contributed by atoms with Gasteiger partial charge in [0.05, 0.1) is 6.04 Å². The van der Waals surface area contributed by atoms with Gasteiger partial charge >= 0.3 is 6.03 Å². The van der Waals surface area contributed by atoms with Crippen LogP contribution in [0, 0.1) is 13.8 Å². The van der Waals surface area contributed by atoms with E-state index in [1.807, 2.05) is 46.0 Å². The molecular formula is C17H25N5O2. The van der Waals surface area contributed by atoms with Crippen LogP contribution in [0.3, 0.4) is 0 Å². The SMILES string of the molecule is Cc1cccc(C)c1OC[C@@H](C)NC(=O)NCCc1ncnn1C. The Morgan fingerprint density at radius 3 is 2.67 bits per heavy atom. The molecule has 0 saturated heterocycles. The molecule has 0 fully saturated rings. The maximum atomic E-state index is 11.9. The molecule has 7 heteroatoms. The topological polar surface area (TPSA) is 81.1 Å². The average molecular weight is 331 g/mol. The molecule has 2 aromatic rings. The zero-order chi connectivity index (χ0) is 17.5. The lowest BCUT2D eigenvalue weighted by Crippen LogP contribution is -2.44. The van der Waals surface area contributed by atoms with Crippen molar-refractivity contribution in [2.45, 2.75) is 33.2 Å². The Morgan fingerprint density at radius 2 is 2.04 bits per heavy atom. The minimum atomic E-state index is -0.213. The first kappa shape index (κ1) is 17.8. The number of aromatic nitrogens is 3. The fraction of sp³-hybridized carbons (Fsp3) is 0.471. The number of benzene rings is 1. The predicted octanol–water partition coefficient (Wildman–Crippen LogP) is 1.74. The maximum absolute atomic E-state index is 11.9. The standard InChI is InChI=1S/C17H25N5O2/c1-12-6-5-7-13(2)16(12)24-10-14(3)21-17(23)18-9-8-15-19-11-20-22(15)4/h5-7,11,14H,8-10H2,1-4H3,(H2,18,21,23)/t14-/m1/s1. The summed E-state index contributed by atoms with van der Waals surface area (Å²) in [4.78, 5) is 16.0. The summed E-state index contributed by atoms with van der Waals surface area (Å²) in [7, 11) is 1.83. The van der Waals surface area contributed by atoms with Gasteiger partial charge in [-0.25, -0.2) is 9.78 Å². The number of para-hydroxylation sites is 1. The number of aryl methyl sites for hydroxylation is 3. The largest absolute Gasteiger partial charge is 0.491 e. The number of amides is 2. The summed E-state index contributed by atoms with van der Waals surface area (Å²) < 4.78 is 7.54. The molecule has 0 spiro atoms. The van der Waals surface area contributed by atoms with Crippen LogP contribution < -0.4 is 15.4 Å². The van der Waals surface area contributed by atoms with Gasteiger partial charge < -0.3 is 15.4 Å². The van der Waals surface area contributed by atoms with Gasteiger partial charge in [-0.2, -0.15) is 5.10 Å². The van der Waals surface area contributed by atoms with E-state index >= 15 is 0 Å². The molecule has 2 amide bonds. The fourth-order valence-corrected chi connectivity index (χ4v) is 2.39. The zero-order valence-electron chi connectivity index (χ0n) is 14.7. The van der Waals surface area contributed by atoms with E-state index in [1.54, 1.807) is 4.68 Å². The van der Waals surface area contributed by atoms with Crippen LogP contribution in [0.25, 0.3) is 0 Å². The number of urea groups is 1. The highest BCUT2D eigenvalue weighted by atomic mass is 16.5. The quantitative estimate of drug-likeness (QED) is 0.810. The molecular weight excluding hydrogens is 306 g/mol. The Morgan fingerprint density at radius 1 is 1.33 bits per heavy atom. The lowest BCUT2D eigenvalue weighted by molar-refractivity contribution is 0.226. The van der Waals surface area contributed by atoms with E-state index in [0.29, 0.717) is 19.6 Å². The lowest BCUT2D eigenvalue weighted by Gasteiger charge is -2.17. The van der Waals surface area contributed by atoms with Gasteiger partial charge in [0.1, 0.15) is 24.5 Å². The molecule has 1 atom stereocenters. The Bertz CT molecular complexity index is 663. The van der Waals surface area contributed by atoms with Crippen molar-refractivity contribution >= 4 is 6.03 Å². The molecule has 2 rings (SSSR count). The third-order valence-electron chi connectivity index (χ3n) is 3.70. The van der Waals surface area contributed by atoms with Crippen molar-refractivity contribution < 1.29 is 9.53 Å². The molecule has 7 nitrogen and oxygen atoms in total. The van der Waals surface area contributed by atoms with Gasteiger partial charge in [0.25, 0.3) is 0 Å². The highest BCUT2D eigenvalue weighted by molar-refractivity contribution is 5.74. The van der Waals surface area contributed by atoms with E-state index in [2.05, 4.69) is 20.7 Å². The molecule has 0 unspecified atom stereocenters. The molecule has 0 aliphatic carbocycles. The monoisotopic (exact) mass is 331 g/mol. The number of carbonyl (C=O) groups excluding carboxylic acids is 1. The van der Waals surface area contributed by atoms with Crippen LogP contribution in [0.15, 0.2) is 24.5 Å². The van der Waals surface area contributed by atoms with Crippen LogP contribution in [-0.2, 0) is 13.5 Å². The molecule has 2 N–H and O–H groups in total. The van der Waals surface area contributed by atoms with Crippen molar-refractivity contribution in [3.05, 3.63) is 41.5 Å². The van der Waals surface area contributed by atoms with E-state index < -0.39 is 0 Å². The van der Waals surface area contributed by atoms with Crippen molar-refractivity contribution in [2.75, 3.05) is 13.2 Å². The van der Waals surface area contributed by atoms with E-state index in [-0.39, 0.29) is 12.1 Å². The lowest BCUT2D eigenvalue weighted by atomic mass is 10.1. The normalized spacial score (nSPS) is 11.8. The molecule has 0 radical (unpaired) electrons. The molecule has 0 aliphatic heterocycles. The summed E-state index contributed by atoms with van der Waals surface area (Å²) in [6, 6.07) is 5.72. The van der Waals surface area contributed by atoms with Crippen LogP contribution in [-0.4, -0.2) is 40.0 Å². The van der Waals surface area contributed by atoms with E-state index in [4.69, 9.17) is 4.74 Å². The van der Waals surface area contributed by atoms with Gasteiger partial charge in [-0.3, -0.25) is 4.68 Å². The molecule has 1 aromatic carbocycles. The van der Waals surface area contributed by atoms with E-state index in [0.717, 1.165) is 22.7 Å². The first-order valence-corrected chi connectivity index (χ1v) is 8.03. The second-order valence-corrected chi connectivity index (χ2v) is 5.88. The summed E-state index contributed by atoms with van der Waals surface area (Å²) in [5.74, 6) is 1.72. The molecule has 1 heterocycles. The van der Waals surface area contributed by atoms with Crippen LogP contribution in [0.2, 0.25) is 0 Å². The number of nitrogens with zero attached hydrogens (tertiary/aromatic N) is 3. The highest BCUT2D eigenvalue weighted by Crippen LogP contribution is 2.22. The Labute approximate surface area is 142 Å². The van der Waals surface area contributed by atoms with Gasteiger partial charge in [-0.05, 0) is 31.9 Å². The summed E-state index contributed by atoms with van der Waals surface area (Å²) in [5.41, 5.74) is 2.19. The van der Waals surface area contributed by atoms with Crippen LogP contribution in [0.4, 0.5) is 4.79 Å². The molecule has 0 bridgehead atoms. The fourth-order valence-electron chi connectivity index (χ4n) is 2.39. The average Bonchev–Trinajstić information content (AvgIpc) is 2.92. The molecule has 24 heavy (non-hydrogen) atoms.